The molecule has 1 heterocycles. The van der Waals surface area contributed by atoms with Gasteiger partial charge in [0.2, 0.25) is 5.91 Å². The van der Waals surface area contributed by atoms with E-state index in [1.165, 1.54) is 11.3 Å². The van der Waals surface area contributed by atoms with Crippen LogP contribution in [0.5, 0.6) is 0 Å². The van der Waals surface area contributed by atoms with Crippen LogP contribution in [0, 0.1) is 5.41 Å². The van der Waals surface area contributed by atoms with Crippen LogP contribution >= 0.6 is 11.3 Å². The fourth-order valence-electron chi connectivity index (χ4n) is 3.57. The van der Waals surface area contributed by atoms with Crippen molar-refractivity contribution in [2.45, 2.75) is 38.5 Å². The lowest BCUT2D eigenvalue weighted by Crippen LogP contribution is -2.20. The number of nitrogens with zero attached hydrogens (tertiary/aromatic N) is 1. The summed E-state index contributed by atoms with van der Waals surface area (Å²) in [6.07, 6.45) is 1.63. The van der Waals surface area contributed by atoms with Crippen LogP contribution in [-0.2, 0) is 16.0 Å². The van der Waals surface area contributed by atoms with Gasteiger partial charge in [0.15, 0.2) is 11.1 Å². The third-order valence-corrected chi connectivity index (χ3v) is 6.02. The molecule has 0 aliphatic heterocycles. The summed E-state index contributed by atoms with van der Waals surface area (Å²) in [6, 6.07) is 16.7. The first-order valence-electron chi connectivity index (χ1n) is 10.6. The molecule has 0 fully saturated rings. The Bertz CT molecular complexity index is 1130. The first-order valence-corrected chi connectivity index (χ1v) is 11.4. The molecule has 8 nitrogen and oxygen atoms in total. The Morgan fingerprint density at radius 1 is 1.12 bits per heavy atom. The van der Waals surface area contributed by atoms with Crippen LogP contribution in [0.4, 0.5) is 10.8 Å². The van der Waals surface area contributed by atoms with Gasteiger partial charge in [-0.2, -0.15) is 0 Å². The lowest BCUT2D eigenvalue weighted by Gasteiger charge is -2.15. The zero-order valence-corrected chi connectivity index (χ0v) is 19.1. The van der Waals surface area contributed by atoms with Crippen LogP contribution in [0.25, 0.3) is 10.4 Å². The van der Waals surface area contributed by atoms with E-state index in [0.717, 1.165) is 34.5 Å². The van der Waals surface area contributed by atoms with E-state index >= 15 is 0 Å². The second-order valence-corrected chi connectivity index (χ2v) is 8.62. The summed E-state index contributed by atoms with van der Waals surface area (Å²) in [4.78, 5) is 29.6. The second kappa shape index (κ2) is 11.2. The van der Waals surface area contributed by atoms with Crippen LogP contribution in [0.3, 0.4) is 0 Å². The van der Waals surface area contributed by atoms with Crippen LogP contribution in [0.15, 0.2) is 54.6 Å². The van der Waals surface area contributed by atoms with E-state index in [1.807, 2.05) is 48.5 Å². The molecule has 3 aromatic rings. The van der Waals surface area contributed by atoms with Crippen LogP contribution in [0.2, 0.25) is 0 Å². The number of aromatic nitrogens is 1. The van der Waals surface area contributed by atoms with Crippen molar-refractivity contribution in [2.75, 3.05) is 10.6 Å². The van der Waals surface area contributed by atoms with Crippen molar-refractivity contribution in [1.29, 1.82) is 5.41 Å². The van der Waals surface area contributed by atoms with E-state index < -0.39 is 11.9 Å². The van der Waals surface area contributed by atoms with Gasteiger partial charge >= 0.3 is 5.97 Å². The summed E-state index contributed by atoms with van der Waals surface area (Å²) in [6.45, 7) is 2.07. The van der Waals surface area contributed by atoms with Gasteiger partial charge in [-0.1, -0.05) is 67.1 Å². The number of guanidine groups is 1. The number of thiazole rings is 1. The number of carboxylic acid groups (broad SMARTS) is 1. The van der Waals surface area contributed by atoms with Crippen molar-refractivity contribution in [3.63, 3.8) is 0 Å². The standard InChI is InChI=1S/C24H27N5O3S/c1-2-7-19-22(33-24(28-19)29-23(25)26)16-10-6-11-18(12-16)27-20(30)13-17(14-21(31)32)15-8-4-3-5-9-15/h3-6,8-12,17H,2,7,13-14H2,1H3,(H,27,30)(H,31,32)(H4,25,26,28,29). The lowest BCUT2D eigenvalue weighted by molar-refractivity contribution is -0.137. The largest absolute Gasteiger partial charge is 0.481 e. The van der Waals surface area contributed by atoms with E-state index in [1.54, 1.807) is 6.07 Å². The number of carbonyl (C=O) groups is 2. The van der Waals surface area contributed by atoms with Gasteiger partial charge in [0.1, 0.15) is 0 Å². The fourth-order valence-corrected chi connectivity index (χ4v) is 4.59. The SMILES string of the molecule is CCCc1nc(NC(=N)N)sc1-c1cccc(NC(=O)CC(CC(=O)O)c2ccccc2)c1. The molecule has 33 heavy (non-hydrogen) atoms. The number of aryl methyl sites for hydroxylation is 1. The van der Waals surface area contributed by atoms with Gasteiger partial charge in [-0.15, -0.1) is 0 Å². The first-order chi connectivity index (χ1) is 15.9. The molecule has 0 saturated carbocycles. The van der Waals surface area contributed by atoms with Crippen LogP contribution in [-0.4, -0.2) is 27.9 Å². The maximum Gasteiger partial charge on any atom is 0.303 e. The summed E-state index contributed by atoms with van der Waals surface area (Å²) in [5.74, 6) is -1.78. The molecule has 2 aromatic carbocycles. The van der Waals surface area contributed by atoms with Gasteiger partial charge in [0.25, 0.3) is 0 Å². The van der Waals surface area contributed by atoms with Gasteiger partial charge in [0.05, 0.1) is 17.0 Å². The van der Waals surface area contributed by atoms with Crippen molar-refractivity contribution in [1.82, 2.24) is 4.98 Å². The number of carbonyl (C=O) groups excluding carboxylic acids is 1. The Hall–Kier alpha value is -3.72. The van der Waals surface area contributed by atoms with Gasteiger partial charge in [-0.05, 0) is 29.7 Å². The van der Waals surface area contributed by atoms with Crippen molar-refractivity contribution < 1.29 is 14.7 Å². The molecule has 6 N–H and O–H groups in total. The molecule has 0 saturated heterocycles. The molecule has 1 aromatic heterocycles. The predicted molar refractivity (Wildman–Crippen MR) is 132 cm³/mol. The van der Waals surface area contributed by atoms with E-state index in [2.05, 4.69) is 22.5 Å². The molecular formula is C24H27N5O3S. The fraction of sp³-hybridized carbons (Fsp3) is 0.250. The highest BCUT2D eigenvalue weighted by Gasteiger charge is 2.20. The second-order valence-electron chi connectivity index (χ2n) is 7.62. The Kier molecular flexibility index (Phi) is 8.15. The highest BCUT2D eigenvalue weighted by molar-refractivity contribution is 7.19. The molecule has 1 unspecified atom stereocenters. The lowest BCUT2D eigenvalue weighted by atomic mass is 9.92. The van der Waals surface area contributed by atoms with Crippen molar-refractivity contribution >= 4 is 40.0 Å². The van der Waals surface area contributed by atoms with E-state index in [9.17, 15) is 14.7 Å². The quantitative estimate of drug-likeness (QED) is 0.218. The number of hydrogen-bond acceptors (Lipinski definition) is 5. The number of amides is 1. The molecule has 1 atom stereocenters. The molecular weight excluding hydrogens is 438 g/mol. The van der Waals surface area contributed by atoms with Crippen LogP contribution < -0.4 is 16.4 Å². The van der Waals surface area contributed by atoms with E-state index in [0.29, 0.717) is 10.8 Å². The molecule has 0 aliphatic rings. The minimum absolute atomic E-state index is 0.0643. The van der Waals surface area contributed by atoms with Gasteiger partial charge in [-0.3, -0.25) is 15.0 Å². The molecule has 0 bridgehead atoms. The number of aliphatic carboxylic acids is 1. The summed E-state index contributed by atoms with van der Waals surface area (Å²) >= 11 is 1.40. The number of carboxylic acids is 1. The summed E-state index contributed by atoms with van der Waals surface area (Å²) in [7, 11) is 0. The van der Waals surface area contributed by atoms with Crippen LogP contribution in [0.1, 0.15) is 43.4 Å². The topological polar surface area (TPSA) is 141 Å². The Labute approximate surface area is 196 Å². The van der Waals surface area contributed by atoms with Crippen molar-refractivity contribution in [3.8, 4) is 10.4 Å². The molecule has 0 radical (unpaired) electrons. The van der Waals surface area contributed by atoms with Gasteiger partial charge in [-0.25, -0.2) is 4.98 Å². The maximum absolute atomic E-state index is 12.8. The summed E-state index contributed by atoms with van der Waals surface area (Å²) in [5.41, 5.74) is 8.69. The summed E-state index contributed by atoms with van der Waals surface area (Å²) in [5, 5.41) is 22.9. The summed E-state index contributed by atoms with van der Waals surface area (Å²) < 4.78 is 0. The number of hydrogen-bond donors (Lipinski definition) is 5. The van der Waals surface area contributed by atoms with Gasteiger partial charge in [0, 0.05) is 18.0 Å². The minimum atomic E-state index is -0.942. The molecule has 9 heteroatoms. The normalized spacial score (nSPS) is 11.5. The molecule has 1 amide bonds. The Morgan fingerprint density at radius 2 is 1.88 bits per heavy atom. The monoisotopic (exact) mass is 465 g/mol. The molecule has 3 rings (SSSR count). The first kappa shape index (κ1) is 23.9. The average Bonchev–Trinajstić information content (AvgIpc) is 3.15. The van der Waals surface area contributed by atoms with Crippen molar-refractivity contribution in [3.05, 3.63) is 65.9 Å². The van der Waals surface area contributed by atoms with Crippen molar-refractivity contribution in [2.24, 2.45) is 5.73 Å². The average molecular weight is 466 g/mol. The number of anilines is 2. The third-order valence-electron chi connectivity index (χ3n) is 4.96. The van der Waals surface area contributed by atoms with Gasteiger partial charge < -0.3 is 21.5 Å². The maximum atomic E-state index is 12.8. The zero-order valence-electron chi connectivity index (χ0n) is 18.3. The number of benzene rings is 2. The predicted octanol–water partition coefficient (Wildman–Crippen LogP) is 4.66. The third kappa shape index (κ3) is 6.88. The molecule has 172 valence electrons. The highest BCUT2D eigenvalue weighted by Crippen LogP contribution is 2.35. The number of nitrogens with two attached hydrogens (primary N) is 1. The Morgan fingerprint density at radius 3 is 2.55 bits per heavy atom. The Balaban J connectivity index is 1.78. The molecule has 0 aliphatic carbocycles. The zero-order chi connectivity index (χ0) is 23.8. The van der Waals surface area contributed by atoms with E-state index in [4.69, 9.17) is 11.1 Å². The smallest absolute Gasteiger partial charge is 0.303 e. The van der Waals surface area contributed by atoms with E-state index in [-0.39, 0.29) is 24.7 Å². The minimum Gasteiger partial charge on any atom is -0.481 e. The number of rotatable bonds is 10. The number of nitrogens with one attached hydrogen (secondary N) is 3. The molecule has 0 spiro atoms. The highest BCUT2D eigenvalue weighted by atomic mass is 32.1.